The first-order valence-corrected chi connectivity index (χ1v) is 9.56. The molecule has 1 saturated heterocycles. The molecule has 6 heteroatoms. The first-order chi connectivity index (χ1) is 12.2. The smallest absolute Gasteiger partial charge is 0.255 e. The molecule has 0 atom stereocenters. The molecule has 0 aromatic carbocycles. The third-order valence-electron chi connectivity index (χ3n) is 4.76. The minimum atomic E-state index is -0.0344. The average molecular weight is 364 g/mol. The van der Waals surface area contributed by atoms with Gasteiger partial charge in [0, 0.05) is 25.8 Å². The van der Waals surface area contributed by atoms with Crippen molar-refractivity contribution in [3.8, 4) is 0 Å². The zero-order chi connectivity index (χ0) is 17.5. The van der Waals surface area contributed by atoms with Crippen molar-refractivity contribution >= 4 is 23.3 Å². The number of halogens is 1. The predicted molar refractivity (Wildman–Crippen MR) is 100 cm³/mol. The Morgan fingerprint density at radius 3 is 2.92 bits per heavy atom. The number of nitrogens with zero attached hydrogens (tertiary/aromatic N) is 2. The Kier molecular flexibility index (Phi) is 6.70. The van der Waals surface area contributed by atoms with Gasteiger partial charge in [-0.1, -0.05) is 29.7 Å². The molecule has 0 bridgehead atoms. The van der Waals surface area contributed by atoms with Gasteiger partial charge in [0.1, 0.15) is 5.82 Å². The highest BCUT2D eigenvalue weighted by molar-refractivity contribution is 6.33. The number of nitrogens with one attached hydrogen (secondary N) is 1. The van der Waals surface area contributed by atoms with Crippen LogP contribution < -0.4 is 5.32 Å². The zero-order valence-electron chi connectivity index (χ0n) is 14.6. The van der Waals surface area contributed by atoms with Crippen LogP contribution in [0.15, 0.2) is 23.9 Å². The van der Waals surface area contributed by atoms with Crippen LogP contribution >= 0.6 is 11.6 Å². The lowest BCUT2D eigenvalue weighted by Crippen LogP contribution is -2.40. The molecule has 0 radical (unpaired) electrons. The summed E-state index contributed by atoms with van der Waals surface area (Å²) in [5, 5.41) is 3.79. The maximum atomic E-state index is 12.5. The SMILES string of the molecule is O=C(c1cnc(NCCC2=CCCCCC2)c(Cl)c1)N1CCOCC1. The minimum Gasteiger partial charge on any atom is -0.378 e. The zero-order valence-corrected chi connectivity index (χ0v) is 15.4. The molecule has 5 nitrogen and oxygen atoms in total. The van der Waals surface area contributed by atoms with Gasteiger partial charge in [-0.25, -0.2) is 4.98 Å². The van der Waals surface area contributed by atoms with Crippen LogP contribution in [0.5, 0.6) is 0 Å². The van der Waals surface area contributed by atoms with Gasteiger partial charge >= 0.3 is 0 Å². The molecule has 2 aliphatic rings. The van der Waals surface area contributed by atoms with Crippen LogP contribution in [0.3, 0.4) is 0 Å². The molecule has 1 N–H and O–H groups in total. The van der Waals surface area contributed by atoms with Crippen molar-refractivity contribution in [1.29, 1.82) is 0 Å². The summed E-state index contributed by atoms with van der Waals surface area (Å²) in [4.78, 5) is 18.6. The van der Waals surface area contributed by atoms with Crippen LogP contribution in [0.2, 0.25) is 5.02 Å². The Hall–Kier alpha value is -1.59. The number of pyridine rings is 1. The van der Waals surface area contributed by atoms with E-state index in [1.54, 1.807) is 17.2 Å². The maximum absolute atomic E-state index is 12.5. The van der Waals surface area contributed by atoms with E-state index < -0.39 is 0 Å². The lowest BCUT2D eigenvalue weighted by atomic mass is 10.1. The number of amides is 1. The summed E-state index contributed by atoms with van der Waals surface area (Å²) in [5.41, 5.74) is 2.06. The first-order valence-electron chi connectivity index (χ1n) is 9.18. The lowest BCUT2D eigenvalue weighted by Gasteiger charge is -2.26. The molecule has 1 amide bonds. The van der Waals surface area contributed by atoms with Crippen molar-refractivity contribution in [2.24, 2.45) is 0 Å². The fourth-order valence-electron chi connectivity index (χ4n) is 3.28. The fraction of sp³-hybridized carbons (Fsp3) is 0.579. The van der Waals surface area contributed by atoms with Gasteiger partial charge in [0.05, 0.1) is 23.8 Å². The van der Waals surface area contributed by atoms with E-state index in [1.165, 1.54) is 37.7 Å². The molecule has 0 unspecified atom stereocenters. The summed E-state index contributed by atoms with van der Waals surface area (Å²) in [5.74, 6) is 0.613. The van der Waals surface area contributed by atoms with E-state index in [1.807, 2.05) is 0 Å². The van der Waals surface area contributed by atoms with Crippen LogP contribution in [0.4, 0.5) is 5.82 Å². The molecule has 3 rings (SSSR count). The molecule has 0 saturated carbocycles. The average Bonchev–Trinajstić information content (AvgIpc) is 2.92. The number of hydrogen-bond acceptors (Lipinski definition) is 4. The number of anilines is 1. The van der Waals surface area contributed by atoms with Crippen LogP contribution in [0.25, 0.3) is 0 Å². The molecule has 1 fully saturated rings. The summed E-state index contributed by atoms with van der Waals surface area (Å²) < 4.78 is 5.28. The normalized spacial score (nSPS) is 18.4. The van der Waals surface area contributed by atoms with Gasteiger partial charge in [0.15, 0.2) is 0 Å². The summed E-state index contributed by atoms with van der Waals surface area (Å²) >= 11 is 6.32. The highest BCUT2D eigenvalue weighted by atomic mass is 35.5. The summed E-state index contributed by atoms with van der Waals surface area (Å²) in [6, 6.07) is 1.71. The monoisotopic (exact) mass is 363 g/mol. The van der Waals surface area contributed by atoms with E-state index in [-0.39, 0.29) is 5.91 Å². The second-order valence-electron chi connectivity index (χ2n) is 6.60. The standard InChI is InChI=1S/C19H26ClN3O2/c20-17-13-16(19(24)23-9-11-25-12-10-23)14-22-18(17)21-8-7-15-5-3-1-2-4-6-15/h5,13-14H,1-4,6-12H2,(H,21,22). The Morgan fingerprint density at radius 2 is 2.12 bits per heavy atom. The van der Waals surface area contributed by atoms with E-state index in [9.17, 15) is 4.79 Å². The number of hydrogen-bond donors (Lipinski definition) is 1. The predicted octanol–water partition coefficient (Wildman–Crippen LogP) is 3.90. The molecule has 2 heterocycles. The molecule has 0 spiro atoms. The number of ether oxygens (including phenoxy) is 1. The number of carbonyl (C=O) groups is 1. The largest absolute Gasteiger partial charge is 0.378 e. The van der Waals surface area contributed by atoms with E-state index in [0.29, 0.717) is 42.7 Å². The first kappa shape index (κ1) is 18.2. The molecular formula is C19H26ClN3O2. The molecule has 1 aliphatic heterocycles. The second kappa shape index (κ2) is 9.20. The molecule has 1 aliphatic carbocycles. The highest BCUT2D eigenvalue weighted by Crippen LogP contribution is 2.23. The van der Waals surface area contributed by atoms with E-state index in [4.69, 9.17) is 16.3 Å². The van der Waals surface area contributed by atoms with Crippen molar-refractivity contribution in [2.45, 2.75) is 38.5 Å². The third-order valence-corrected chi connectivity index (χ3v) is 5.05. The number of carbonyl (C=O) groups excluding carboxylic acids is 1. The van der Waals surface area contributed by atoms with Crippen LogP contribution in [-0.4, -0.2) is 48.6 Å². The topological polar surface area (TPSA) is 54.5 Å². The Balaban J connectivity index is 1.54. The van der Waals surface area contributed by atoms with Crippen LogP contribution in [0, 0.1) is 0 Å². The quantitative estimate of drug-likeness (QED) is 0.806. The molecular weight excluding hydrogens is 338 g/mol. The number of rotatable bonds is 5. The van der Waals surface area contributed by atoms with E-state index in [2.05, 4.69) is 16.4 Å². The summed E-state index contributed by atoms with van der Waals surface area (Å²) in [6.07, 6.45) is 11.4. The van der Waals surface area contributed by atoms with Crippen molar-refractivity contribution in [3.05, 3.63) is 34.5 Å². The number of allylic oxidation sites excluding steroid dienone is 1. The van der Waals surface area contributed by atoms with E-state index >= 15 is 0 Å². The van der Waals surface area contributed by atoms with Gasteiger partial charge in [0.2, 0.25) is 0 Å². The van der Waals surface area contributed by atoms with Gasteiger partial charge in [0.25, 0.3) is 5.91 Å². The Labute approximate surface area is 154 Å². The van der Waals surface area contributed by atoms with Gasteiger partial charge in [-0.15, -0.1) is 0 Å². The van der Waals surface area contributed by atoms with Gasteiger partial charge < -0.3 is 15.0 Å². The van der Waals surface area contributed by atoms with Gasteiger partial charge in [-0.3, -0.25) is 4.79 Å². The van der Waals surface area contributed by atoms with Crippen molar-refractivity contribution in [2.75, 3.05) is 38.2 Å². The molecule has 136 valence electrons. The molecule has 25 heavy (non-hydrogen) atoms. The summed E-state index contributed by atoms with van der Waals surface area (Å²) in [7, 11) is 0. The Morgan fingerprint density at radius 1 is 1.28 bits per heavy atom. The third kappa shape index (κ3) is 5.19. The lowest BCUT2D eigenvalue weighted by molar-refractivity contribution is 0.0302. The van der Waals surface area contributed by atoms with Gasteiger partial charge in [-0.2, -0.15) is 0 Å². The van der Waals surface area contributed by atoms with Crippen LogP contribution in [0.1, 0.15) is 48.9 Å². The van der Waals surface area contributed by atoms with E-state index in [0.717, 1.165) is 13.0 Å². The number of morpholine rings is 1. The van der Waals surface area contributed by atoms with Crippen molar-refractivity contribution < 1.29 is 9.53 Å². The van der Waals surface area contributed by atoms with Crippen molar-refractivity contribution in [3.63, 3.8) is 0 Å². The highest BCUT2D eigenvalue weighted by Gasteiger charge is 2.19. The minimum absolute atomic E-state index is 0.0344. The molecule has 1 aromatic heterocycles. The van der Waals surface area contributed by atoms with Crippen molar-refractivity contribution in [1.82, 2.24) is 9.88 Å². The fourth-order valence-corrected chi connectivity index (χ4v) is 3.52. The molecule has 1 aromatic rings. The maximum Gasteiger partial charge on any atom is 0.255 e. The summed E-state index contributed by atoms with van der Waals surface area (Å²) in [6.45, 7) is 3.22. The van der Waals surface area contributed by atoms with Gasteiger partial charge in [-0.05, 0) is 38.2 Å². The number of aromatic nitrogens is 1. The van der Waals surface area contributed by atoms with Crippen LogP contribution in [-0.2, 0) is 4.74 Å². The second-order valence-corrected chi connectivity index (χ2v) is 7.00. The Bertz CT molecular complexity index is 627.